The van der Waals surface area contributed by atoms with Crippen LogP contribution in [0, 0.1) is 23.7 Å². The van der Waals surface area contributed by atoms with Crippen LogP contribution >= 0.6 is 11.8 Å². The number of hydrogen-bond donors (Lipinski definition) is 1. The van der Waals surface area contributed by atoms with Gasteiger partial charge in [0.25, 0.3) is 5.56 Å². The third-order valence-electron chi connectivity index (χ3n) is 5.55. The molecule has 2 fully saturated rings. The summed E-state index contributed by atoms with van der Waals surface area (Å²) in [5.74, 6) is 0.486. The maximum absolute atomic E-state index is 12.6. The quantitative estimate of drug-likeness (QED) is 0.851. The first-order chi connectivity index (χ1) is 9.25. The summed E-state index contributed by atoms with van der Waals surface area (Å²) in [5, 5.41) is 0.471. The third-order valence-corrected chi connectivity index (χ3v) is 6.96. The number of Topliss-reactive ketones (excluding diaryl/α,β-unsaturated/α-hetero) is 1. The topological polar surface area (TPSA) is 62.8 Å². The average molecular weight is 292 g/mol. The zero-order chi connectivity index (χ0) is 14.7. The van der Waals surface area contributed by atoms with E-state index in [0.717, 1.165) is 12.8 Å². The second-order valence-electron chi connectivity index (χ2n) is 6.82. The van der Waals surface area contributed by atoms with Gasteiger partial charge in [0.15, 0.2) is 5.16 Å². The number of aromatic amines is 1. The summed E-state index contributed by atoms with van der Waals surface area (Å²) in [6.45, 7) is 8.42. The Hall–Kier alpha value is -1.10. The summed E-state index contributed by atoms with van der Waals surface area (Å²) in [6.07, 6.45) is 2.07. The van der Waals surface area contributed by atoms with Crippen LogP contribution in [0.25, 0.3) is 0 Å². The molecule has 2 bridgehead atoms. The van der Waals surface area contributed by atoms with Crippen LogP contribution in [0.15, 0.2) is 16.0 Å². The standard InChI is InChI=1S/C15H20N2O2S/c1-8-7-10(18)17-13(16-8)20-12-11(19)9-5-6-15(12,4)14(9,2)3/h7,9,12H,5-6H2,1-4H3,(H,16,17,18)/t9-,12+,15-/m1/s1. The molecular weight excluding hydrogens is 272 g/mol. The van der Waals surface area contributed by atoms with Gasteiger partial charge in [0.05, 0.1) is 5.25 Å². The van der Waals surface area contributed by atoms with Crippen LogP contribution in [0.4, 0.5) is 0 Å². The number of ketones is 1. The van der Waals surface area contributed by atoms with Gasteiger partial charge in [-0.2, -0.15) is 0 Å². The molecule has 2 aliphatic rings. The first kappa shape index (κ1) is 13.9. The largest absolute Gasteiger partial charge is 0.301 e. The minimum atomic E-state index is -0.153. The van der Waals surface area contributed by atoms with Gasteiger partial charge in [-0.15, -0.1) is 0 Å². The number of carbonyl (C=O) groups is 1. The van der Waals surface area contributed by atoms with E-state index in [2.05, 4.69) is 30.7 Å². The number of aromatic nitrogens is 2. The Balaban J connectivity index is 1.96. The molecule has 108 valence electrons. The minimum Gasteiger partial charge on any atom is -0.301 e. The van der Waals surface area contributed by atoms with Crippen molar-refractivity contribution in [2.45, 2.75) is 50.9 Å². The van der Waals surface area contributed by atoms with Crippen LogP contribution in [0.2, 0.25) is 0 Å². The molecule has 0 spiro atoms. The average Bonchev–Trinajstić information content (AvgIpc) is 2.62. The molecule has 0 radical (unpaired) electrons. The number of nitrogens with zero attached hydrogens (tertiary/aromatic N) is 1. The summed E-state index contributed by atoms with van der Waals surface area (Å²) in [6, 6.07) is 1.47. The zero-order valence-electron chi connectivity index (χ0n) is 12.3. The first-order valence-corrected chi connectivity index (χ1v) is 7.92. The van der Waals surface area contributed by atoms with Gasteiger partial charge >= 0.3 is 0 Å². The van der Waals surface area contributed by atoms with Gasteiger partial charge in [0.2, 0.25) is 0 Å². The highest BCUT2D eigenvalue weighted by molar-refractivity contribution is 8.00. The number of nitrogens with one attached hydrogen (secondary N) is 1. The Morgan fingerprint density at radius 2 is 2.05 bits per heavy atom. The predicted molar refractivity (Wildman–Crippen MR) is 78.9 cm³/mol. The SMILES string of the molecule is Cc1cc(=O)[nH]c(S[C@H]2C(=O)[C@H]3CC[C@@]2(C)C3(C)C)n1. The van der Waals surface area contributed by atoms with Crippen molar-refractivity contribution in [1.29, 1.82) is 0 Å². The van der Waals surface area contributed by atoms with Crippen LogP contribution < -0.4 is 5.56 Å². The number of fused-ring (bicyclic) bond motifs is 2. The molecule has 0 aromatic carbocycles. The molecule has 0 amide bonds. The normalized spacial score (nSPS) is 34.7. The van der Waals surface area contributed by atoms with Crippen molar-refractivity contribution >= 4 is 17.5 Å². The van der Waals surface area contributed by atoms with Gasteiger partial charge in [-0.1, -0.05) is 32.5 Å². The second kappa shape index (κ2) is 4.20. The molecule has 1 aromatic rings. The van der Waals surface area contributed by atoms with Crippen LogP contribution in [-0.2, 0) is 4.79 Å². The van der Waals surface area contributed by atoms with E-state index in [4.69, 9.17) is 0 Å². The maximum Gasteiger partial charge on any atom is 0.251 e. The highest BCUT2D eigenvalue weighted by atomic mass is 32.2. The Morgan fingerprint density at radius 1 is 1.35 bits per heavy atom. The van der Waals surface area contributed by atoms with Gasteiger partial charge in [-0.3, -0.25) is 9.59 Å². The molecule has 1 heterocycles. The maximum atomic E-state index is 12.6. The highest BCUT2D eigenvalue weighted by Crippen LogP contribution is 2.66. The van der Waals surface area contributed by atoms with E-state index in [0.29, 0.717) is 16.6 Å². The molecule has 1 aromatic heterocycles. The highest BCUT2D eigenvalue weighted by Gasteiger charge is 2.66. The van der Waals surface area contributed by atoms with Crippen LogP contribution in [-0.4, -0.2) is 21.0 Å². The molecule has 0 aliphatic heterocycles. The van der Waals surface area contributed by atoms with Crippen molar-refractivity contribution < 1.29 is 4.79 Å². The lowest BCUT2D eigenvalue weighted by Crippen LogP contribution is -2.36. The van der Waals surface area contributed by atoms with Gasteiger partial charge in [0.1, 0.15) is 5.78 Å². The van der Waals surface area contributed by atoms with Crippen molar-refractivity contribution in [3.63, 3.8) is 0 Å². The molecule has 1 N–H and O–H groups in total. The van der Waals surface area contributed by atoms with Crippen LogP contribution in [0.3, 0.4) is 0 Å². The molecule has 2 saturated carbocycles. The summed E-state index contributed by atoms with van der Waals surface area (Å²) in [7, 11) is 0. The molecule has 2 aliphatic carbocycles. The fraction of sp³-hybridized carbons (Fsp3) is 0.667. The minimum absolute atomic E-state index is 0.0122. The molecule has 4 nitrogen and oxygen atoms in total. The molecule has 0 saturated heterocycles. The van der Waals surface area contributed by atoms with Crippen LogP contribution in [0.5, 0.6) is 0 Å². The Labute approximate surface area is 122 Å². The Bertz CT molecular complexity index is 637. The number of carbonyl (C=O) groups excluding carboxylic acids is 1. The van der Waals surface area contributed by atoms with Crippen LogP contribution in [0.1, 0.15) is 39.3 Å². The molecule has 3 rings (SSSR count). The lowest BCUT2D eigenvalue weighted by atomic mass is 9.71. The predicted octanol–water partition coefficient (Wildman–Crippen LogP) is 2.56. The fourth-order valence-corrected chi connectivity index (χ4v) is 5.44. The van der Waals surface area contributed by atoms with Gasteiger partial charge in [0, 0.05) is 17.7 Å². The second-order valence-corrected chi connectivity index (χ2v) is 7.92. The molecular formula is C15H20N2O2S. The smallest absolute Gasteiger partial charge is 0.251 e. The summed E-state index contributed by atoms with van der Waals surface area (Å²) < 4.78 is 0. The Kier molecular flexibility index (Phi) is 2.91. The van der Waals surface area contributed by atoms with E-state index in [1.807, 2.05) is 0 Å². The Morgan fingerprint density at radius 3 is 2.60 bits per heavy atom. The fourth-order valence-electron chi connectivity index (χ4n) is 3.90. The van der Waals surface area contributed by atoms with E-state index in [1.54, 1.807) is 6.92 Å². The lowest BCUT2D eigenvalue weighted by molar-refractivity contribution is -0.122. The van der Waals surface area contributed by atoms with Crippen molar-refractivity contribution in [2.75, 3.05) is 0 Å². The lowest BCUT2D eigenvalue weighted by Gasteiger charge is -2.37. The van der Waals surface area contributed by atoms with Crippen molar-refractivity contribution in [3.8, 4) is 0 Å². The summed E-state index contributed by atoms with van der Waals surface area (Å²) in [5.41, 5.74) is 0.560. The van der Waals surface area contributed by atoms with Crippen molar-refractivity contribution in [2.24, 2.45) is 16.7 Å². The van der Waals surface area contributed by atoms with Gasteiger partial charge in [-0.05, 0) is 30.6 Å². The van der Waals surface area contributed by atoms with Gasteiger partial charge in [-0.25, -0.2) is 4.98 Å². The number of aryl methyl sites for hydroxylation is 1. The summed E-state index contributed by atoms with van der Waals surface area (Å²) >= 11 is 1.44. The van der Waals surface area contributed by atoms with Gasteiger partial charge < -0.3 is 4.98 Å². The third kappa shape index (κ3) is 1.72. The van der Waals surface area contributed by atoms with E-state index >= 15 is 0 Å². The van der Waals surface area contributed by atoms with Crippen molar-refractivity contribution in [3.05, 3.63) is 22.1 Å². The number of hydrogen-bond acceptors (Lipinski definition) is 4. The molecule has 3 atom stereocenters. The molecule has 5 heteroatoms. The van der Waals surface area contributed by atoms with E-state index < -0.39 is 0 Å². The van der Waals surface area contributed by atoms with E-state index in [-0.39, 0.29) is 27.6 Å². The number of H-pyrrole nitrogens is 1. The first-order valence-electron chi connectivity index (χ1n) is 7.04. The molecule has 20 heavy (non-hydrogen) atoms. The monoisotopic (exact) mass is 292 g/mol. The van der Waals surface area contributed by atoms with E-state index in [1.165, 1.54) is 17.8 Å². The number of rotatable bonds is 2. The summed E-state index contributed by atoms with van der Waals surface area (Å²) in [4.78, 5) is 31.3. The van der Waals surface area contributed by atoms with Crippen molar-refractivity contribution in [1.82, 2.24) is 9.97 Å². The zero-order valence-corrected chi connectivity index (χ0v) is 13.1. The van der Waals surface area contributed by atoms with E-state index in [9.17, 15) is 9.59 Å². The molecule has 0 unspecified atom stereocenters. The number of thioether (sulfide) groups is 1.